The lowest BCUT2D eigenvalue weighted by molar-refractivity contribution is -0.134. The monoisotopic (exact) mass is 250 g/mol. The van der Waals surface area contributed by atoms with E-state index in [0.717, 1.165) is 25.6 Å². The van der Waals surface area contributed by atoms with E-state index in [1.54, 1.807) is 6.92 Å². The zero-order valence-corrected chi connectivity index (χ0v) is 12.0. The normalized spacial score (nSPS) is 28.4. The van der Waals surface area contributed by atoms with Crippen LogP contribution in [0.4, 0.5) is 0 Å². The van der Waals surface area contributed by atoms with Crippen molar-refractivity contribution in [3.63, 3.8) is 0 Å². The summed E-state index contributed by atoms with van der Waals surface area (Å²) < 4.78 is 0. The van der Waals surface area contributed by atoms with Crippen LogP contribution in [-0.2, 0) is 4.79 Å². The Morgan fingerprint density at radius 3 is 2.67 bits per heavy atom. The molecule has 1 heterocycles. The molecule has 1 aliphatic heterocycles. The van der Waals surface area contributed by atoms with Crippen molar-refractivity contribution in [1.29, 1.82) is 0 Å². The molecule has 1 fully saturated rings. The molecule has 0 unspecified atom stereocenters. The number of nitrogens with zero attached hydrogens (tertiary/aromatic N) is 2. The molecule has 0 spiro atoms. The van der Waals surface area contributed by atoms with E-state index in [1.165, 1.54) is 25.8 Å². The van der Waals surface area contributed by atoms with Crippen molar-refractivity contribution < 1.29 is 4.79 Å². The summed E-state index contributed by atoms with van der Waals surface area (Å²) in [5.74, 6) is 1.02. The standard InChI is InChI=1S/C15H26N2O/c1-13(18)16-9-10-17(15(2,3)12-16)11-14-7-5-4-6-8-14/h4-5,14H,6-12H2,1-3H3/t14-/m1/s1. The summed E-state index contributed by atoms with van der Waals surface area (Å²) in [4.78, 5) is 16.0. The van der Waals surface area contributed by atoms with Crippen molar-refractivity contribution in [2.45, 2.75) is 45.6 Å². The van der Waals surface area contributed by atoms with Gasteiger partial charge in [0.25, 0.3) is 0 Å². The fourth-order valence-electron chi connectivity index (χ4n) is 3.13. The highest BCUT2D eigenvalue weighted by molar-refractivity contribution is 5.73. The van der Waals surface area contributed by atoms with Crippen molar-refractivity contribution in [2.75, 3.05) is 26.2 Å². The first kappa shape index (κ1) is 13.6. The Morgan fingerprint density at radius 1 is 1.33 bits per heavy atom. The summed E-state index contributed by atoms with van der Waals surface area (Å²) in [6.07, 6.45) is 8.41. The van der Waals surface area contributed by atoms with Crippen molar-refractivity contribution in [1.82, 2.24) is 9.80 Å². The Bertz CT molecular complexity index is 335. The van der Waals surface area contributed by atoms with Gasteiger partial charge >= 0.3 is 0 Å². The first-order valence-electron chi connectivity index (χ1n) is 7.14. The summed E-state index contributed by atoms with van der Waals surface area (Å²) in [6.45, 7) is 10.2. The lowest BCUT2D eigenvalue weighted by Crippen LogP contribution is -2.60. The number of carbonyl (C=O) groups excluding carboxylic acids is 1. The predicted molar refractivity (Wildman–Crippen MR) is 74.4 cm³/mol. The van der Waals surface area contributed by atoms with E-state index in [-0.39, 0.29) is 11.4 Å². The van der Waals surface area contributed by atoms with Gasteiger partial charge in [-0.15, -0.1) is 0 Å². The van der Waals surface area contributed by atoms with Crippen molar-refractivity contribution in [3.05, 3.63) is 12.2 Å². The van der Waals surface area contributed by atoms with E-state index in [0.29, 0.717) is 0 Å². The van der Waals surface area contributed by atoms with Crippen molar-refractivity contribution in [3.8, 4) is 0 Å². The van der Waals surface area contributed by atoms with Crippen LogP contribution < -0.4 is 0 Å². The molecule has 1 saturated heterocycles. The Kier molecular flexibility index (Phi) is 4.10. The molecule has 1 aliphatic carbocycles. The smallest absolute Gasteiger partial charge is 0.219 e. The molecule has 2 rings (SSSR count). The van der Waals surface area contributed by atoms with Gasteiger partial charge < -0.3 is 4.90 Å². The van der Waals surface area contributed by atoms with Crippen LogP contribution in [0.25, 0.3) is 0 Å². The Hall–Kier alpha value is -0.830. The highest BCUT2D eigenvalue weighted by Gasteiger charge is 2.35. The van der Waals surface area contributed by atoms with Gasteiger partial charge in [0.05, 0.1) is 0 Å². The molecule has 0 bridgehead atoms. The molecular formula is C15H26N2O. The van der Waals surface area contributed by atoms with E-state index in [2.05, 4.69) is 30.9 Å². The number of hydrogen-bond donors (Lipinski definition) is 0. The maximum absolute atomic E-state index is 11.5. The van der Waals surface area contributed by atoms with Crippen molar-refractivity contribution >= 4 is 5.91 Å². The highest BCUT2D eigenvalue weighted by Crippen LogP contribution is 2.26. The molecule has 0 aromatic carbocycles. The zero-order chi connectivity index (χ0) is 13.2. The van der Waals surface area contributed by atoms with E-state index >= 15 is 0 Å². The van der Waals surface area contributed by atoms with E-state index in [4.69, 9.17) is 0 Å². The van der Waals surface area contributed by atoms with Gasteiger partial charge in [-0.25, -0.2) is 0 Å². The van der Waals surface area contributed by atoms with Gasteiger partial charge in [0, 0.05) is 38.6 Å². The van der Waals surface area contributed by atoms with E-state index in [1.807, 2.05) is 4.90 Å². The van der Waals surface area contributed by atoms with Gasteiger partial charge in [-0.05, 0) is 39.0 Å². The number of hydrogen-bond acceptors (Lipinski definition) is 2. The average molecular weight is 250 g/mol. The number of amides is 1. The Morgan fingerprint density at radius 2 is 2.11 bits per heavy atom. The predicted octanol–water partition coefficient (Wildman–Crippen LogP) is 2.29. The number of piperazine rings is 1. The maximum Gasteiger partial charge on any atom is 0.219 e. The SMILES string of the molecule is CC(=O)N1CCN(C[C@@H]2CC=CCC2)C(C)(C)C1. The molecule has 3 nitrogen and oxygen atoms in total. The van der Waals surface area contributed by atoms with E-state index in [9.17, 15) is 4.79 Å². The Balaban J connectivity index is 1.93. The van der Waals surface area contributed by atoms with E-state index < -0.39 is 0 Å². The third kappa shape index (κ3) is 3.14. The first-order valence-corrected chi connectivity index (χ1v) is 7.14. The van der Waals surface area contributed by atoms with Gasteiger partial charge in [-0.2, -0.15) is 0 Å². The minimum Gasteiger partial charge on any atom is -0.340 e. The molecule has 1 atom stereocenters. The quantitative estimate of drug-likeness (QED) is 0.702. The molecular weight excluding hydrogens is 224 g/mol. The summed E-state index contributed by atoms with van der Waals surface area (Å²) in [7, 11) is 0. The lowest BCUT2D eigenvalue weighted by atomic mass is 9.90. The second-order valence-electron chi connectivity index (χ2n) is 6.35. The fourth-order valence-corrected chi connectivity index (χ4v) is 3.13. The zero-order valence-electron chi connectivity index (χ0n) is 12.0. The van der Waals surface area contributed by atoms with Gasteiger partial charge in [-0.3, -0.25) is 9.69 Å². The van der Waals surface area contributed by atoms with Crippen molar-refractivity contribution in [2.24, 2.45) is 5.92 Å². The molecule has 0 radical (unpaired) electrons. The van der Waals surface area contributed by atoms with Crippen LogP contribution in [0.15, 0.2) is 12.2 Å². The second kappa shape index (κ2) is 5.43. The van der Waals surface area contributed by atoms with Crippen LogP contribution in [0.3, 0.4) is 0 Å². The van der Waals surface area contributed by atoms with Crippen LogP contribution in [0.1, 0.15) is 40.0 Å². The minimum atomic E-state index is 0.116. The number of carbonyl (C=O) groups is 1. The van der Waals surface area contributed by atoms with Gasteiger partial charge in [0.1, 0.15) is 0 Å². The Labute approximate surface area is 111 Å². The van der Waals surface area contributed by atoms with Gasteiger partial charge in [0.2, 0.25) is 5.91 Å². The van der Waals surface area contributed by atoms with Crippen LogP contribution in [-0.4, -0.2) is 47.4 Å². The minimum absolute atomic E-state index is 0.116. The van der Waals surface area contributed by atoms with Crippen LogP contribution >= 0.6 is 0 Å². The number of allylic oxidation sites excluding steroid dienone is 2. The van der Waals surface area contributed by atoms with Crippen LogP contribution in [0, 0.1) is 5.92 Å². The third-order valence-electron chi connectivity index (χ3n) is 4.38. The highest BCUT2D eigenvalue weighted by atomic mass is 16.2. The van der Waals surface area contributed by atoms with Crippen LogP contribution in [0.2, 0.25) is 0 Å². The molecule has 0 aromatic heterocycles. The third-order valence-corrected chi connectivity index (χ3v) is 4.38. The summed E-state index contributed by atoms with van der Waals surface area (Å²) in [5, 5.41) is 0. The molecule has 102 valence electrons. The van der Waals surface area contributed by atoms with Crippen LogP contribution in [0.5, 0.6) is 0 Å². The molecule has 18 heavy (non-hydrogen) atoms. The molecule has 0 N–H and O–H groups in total. The van der Waals surface area contributed by atoms with Gasteiger partial charge in [0.15, 0.2) is 0 Å². The molecule has 3 heteroatoms. The molecule has 1 amide bonds. The lowest BCUT2D eigenvalue weighted by Gasteiger charge is -2.48. The average Bonchev–Trinajstić information content (AvgIpc) is 2.32. The largest absolute Gasteiger partial charge is 0.340 e. The summed E-state index contributed by atoms with van der Waals surface area (Å²) in [5.41, 5.74) is 0.116. The van der Waals surface area contributed by atoms with Gasteiger partial charge in [-0.1, -0.05) is 12.2 Å². The summed E-state index contributed by atoms with van der Waals surface area (Å²) >= 11 is 0. The molecule has 0 saturated carbocycles. The second-order valence-corrected chi connectivity index (χ2v) is 6.35. The number of rotatable bonds is 2. The fraction of sp³-hybridized carbons (Fsp3) is 0.800. The topological polar surface area (TPSA) is 23.6 Å². The molecule has 2 aliphatic rings. The summed E-state index contributed by atoms with van der Waals surface area (Å²) in [6, 6.07) is 0. The molecule has 0 aromatic rings. The first-order chi connectivity index (χ1) is 8.49. The maximum atomic E-state index is 11.5.